The first kappa shape index (κ1) is 18.7. The minimum absolute atomic E-state index is 0.0180. The molecule has 0 aliphatic carbocycles. The topological polar surface area (TPSA) is 44.8 Å². The van der Waals surface area contributed by atoms with Crippen LogP contribution in [-0.2, 0) is 12.8 Å². The lowest BCUT2D eigenvalue weighted by atomic mass is 10.0. The predicted octanol–water partition coefficient (Wildman–Crippen LogP) is 3.47. The maximum atomic E-state index is 12.6. The summed E-state index contributed by atoms with van der Waals surface area (Å²) < 4.78 is 5.55. The molecule has 0 bridgehead atoms. The summed E-state index contributed by atoms with van der Waals surface area (Å²) in [5.41, 5.74) is 3.77. The molecule has 2 aliphatic rings. The largest absolute Gasteiger partial charge is 0.493 e. The molecule has 5 heteroatoms. The van der Waals surface area contributed by atoms with Crippen molar-refractivity contribution in [1.82, 2.24) is 10.2 Å². The van der Waals surface area contributed by atoms with E-state index in [1.807, 2.05) is 24.1 Å². The van der Waals surface area contributed by atoms with Gasteiger partial charge in [0.15, 0.2) is 0 Å². The van der Waals surface area contributed by atoms with Crippen molar-refractivity contribution in [3.8, 4) is 5.75 Å². The van der Waals surface area contributed by atoms with Gasteiger partial charge in [0.25, 0.3) is 0 Å². The van der Waals surface area contributed by atoms with Crippen LogP contribution in [0.25, 0.3) is 0 Å². The first-order valence-corrected chi connectivity index (χ1v) is 10.3. The molecule has 148 valence electrons. The number of likely N-dealkylation sites (N-methyl/N-ethyl adjacent to an activating group) is 1. The first-order valence-electron chi connectivity index (χ1n) is 10.3. The molecule has 1 saturated heterocycles. The number of urea groups is 1. The summed E-state index contributed by atoms with van der Waals surface area (Å²) in [6, 6.07) is 17.1. The van der Waals surface area contributed by atoms with Gasteiger partial charge in [-0.1, -0.05) is 30.3 Å². The van der Waals surface area contributed by atoms with Crippen LogP contribution in [-0.4, -0.2) is 50.3 Å². The van der Waals surface area contributed by atoms with Gasteiger partial charge >= 0.3 is 6.03 Å². The van der Waals surface area contributed by atoms with Crippen molar-refractivity contribution in [3.63, 3.8) is 0 Å². The van der Waals surface area contributed by atoms with Crippen molar-refractivity contribution in [2.75, 3.05) is 38.2 Å². The molecule has 2 aromatic carbocycles. The van der Waals surface area contributed by atoms with E-state index in [4.69, 9.17) is 4.74 Å². The summed E-state index contributed by atoms with van der Waals surface area (Å²) in [4.78, 5) is 16.9. The number of nitrogens with zero attached hydrogens (tertiary/aromatic N) is 2. The minimum Gasteiger partial charge on any atom is -0.493 e. The van der Waals surface area contributed by atoms with Crippen LogP contribution in [0.1, 0.15) is 24.0 Å². The van der Waals surface area contributed by atoms with Gasteiger partial charge in [0.1, 0.15) is 5.75 Å². The standard InChI is InChI=1S/C23H29N3O2/c1-25(21-8-5-14-26(17-21)20-6-3-2-4-7-20)23(27)24-13-11-18-9-10-22-19(16-18)12-15-28-22/h2-4,6-7,9-10,16,21H,5,8,11-15,17H2,1H3,(H,24,27). The second-order valence-corrected chi connectivity index (χ2v) is 7.71. The summed E-state index contributed by atoms with van der Waals surface area (Å²) in [5.74, 6) is 1.01. The molecule has 1 unspecified atom stereocenters. The Balaban J connectivity index is 1.27. The molecule has 2 aliphatic heterocycles. The fraction of sp³-hybridized carbons (Fsp3) is 0.435. The Labute approximate surface area is 167 Å². The molecular weight excluding hydrogens is 350 g/mol. The van der Waals surface area contributed by atoms with Crippen molar-refractivity contribution in [1.29, 1.82) is 0 Å². The number of fused-ring (bicyclic) bond motifs is 1. The Morgan fingerprint density at radius 3 is 2.96 bits per heavy atom. The zero-order chi connectivity index (χ0) is 19.3. The van der Waals surface area contributed by atoms with Crippen LogP contribution < -0.4 is 15.0 Å². The molecule has 2 heterocycles. The third kappa shape index (κ3) is 4.24. The number of hydrogen-bond acceptors (Lipinski definition) is 3. The normalized spacial score (nSPS) is 18.3. The van der Waals surface area contributed by atoms with E-state index >= 15 is 0 Å². The second kappa shape index (κ2) is 8.55. The van der Waals surface area contributed by atoms with Crippen molar-refractivity contribution >= 4 is 11.7 Å². The van der Waals surface area contributed by atoms with Gasteiger partial charge in [0.05, 0.1) is 12.6 Å². The average Bonchev–Trinajstić information content (AvgIpc) is 3.22. The van der Waals surface area contributed by atoms with Gasteiger partial charge in [-0.25, -0.2) is 4.79 Å². The number of ether oxygens (including phenoxy) is 1. The van der Waals surface area contributed by atoms with Crippen molar-refractivity contribution in [2.24, 2.45) is 0 Å². The summed E-state index contributed by atoms with van der Waals surface area (Å²) in [6.07, 6.45) is 3.98. The van der Waals surface area contributed by atoms with Gasteiger partial charge < -0.3 is 19.9 Å². The second-order valence-electron chi connectivity index (χ2n) is 7.71. The number of piperidine rings is 1. The number of amides is 2. The lowest BCUT2D eigenvalue weighted by Crippen LogP contribution is -2.51. The zero-order valence-electron chi connectivity index (χ0n) is 16.6. The molecule has 0 radical (unpaired) electrons. The summed E-state index contributed by atoms with van der Waals surface area (Å²) in [7, 11) is 1.92. The fourth-order valence-electron chi connectivity index (χ4n) is 4.14. The Bertz CT molecular complexity index is 809. The van der Waals surface area contributed by atoms with E-state index in [1.54, 1.807) is 0 Å². The van der Waals surface area contributed by atoms with Crippen LogP contribution >= 0.6 is 0 Å². The summed E-state index contributed by atoms with van der Waals surface area (Å²) in [5, 5.41) is 3.09. The van der Waals surface area contributed by atoms with E-state index in [1.165, 1.54) is 16.8 Å². The molecule has 1 N–H and O–H groups in total. The van der Waals surface area contributed by atoms with Gasteiger partial charge in [0, 0.05) is 38.8 Å². The van der Waals surface area contributed by atoms with E-state index < -0.39 is 0 Å². The van der Waals surface area contributed by atoms with Crippen molar-refractivity contribution in [3.05, 3.63) is 59.7 Å². The number of carbonyl (C=O) groups is 1. The highest BCUT2D eigenvalue weighted by Crippen LogP contribution is 2.26. The molecule has 4 rings (SSSR count). The number of benzene rings is 2. The van der Waals surface area contributed by atoms with E-state index in [9.17, 15) is 4.79 Å². The zero-order valence-corrected chi connectivity index (χ0v) is 16.6. The van der Waals surface area contributed by atoms with E-state index in [0.717, 1.165) is 51.1 Å². The van der Waals surface area contributed by atoms with Gasteiger partial charge in [-0.3, -0.25) is 0 Å². The highest BCUT2D eigenvalue weighted by Gasteiger charge is 2.26. The summed E-state index contributed by atoms with van der Waals surface area (Å²) in [6.45, 7) is 3.37. The molecule has 0 aromatic heterocycles. The fourth-order valence-corrected chi connectivity index (χ4v) is 4.14. The molecule has 2 aromatic rings. The van der Waals surface area contributed by atoms with Crippen molar-refractivity contribution < 1.29 is 9.53 Å². The van der Waals surface area contributed by atoms with Crippen LogP contribution in [0.4, 0.5) is 10.5 Å². The molecule has 0 spiro atoms. The molecule has 5 nitrogen and oxygen atoms in total. The average molecular weight is 380 g/mol. The summed E-state index contributed by atoms with van der Waals surface area (Å²) >= 11 is 0. The molecule has 2 amide bonds. The van der Waals surface area contributed by atoms with Crippen molar-refractivity contribution in [2.45, 2.75) is 31.7 Å². The van der Waals surface area contributed by atoms with E-state index in [0.29, 0.717) is 6.54 Å². The number of nitrogens with one attached hydrogen (secondary N) is 1. The van der Waals surface area contributed by atoms with Crippen LogP contribution in [0.15, 0.2) is 48.5 Å². The molecule has 1 fully saturated rings. The maximum Gasteiger partial charge on any atom is 0.317 e. The Hall–Kier alpha value is -2.69. The Morgan fingerprint density at radius 1 is 1.25 bits per heavy atom. The minimum atomic E-state index is 0.0180. The first-order chi connectivity index (χ1) is 13.7. The SMILES string of the molecule is CN(C(=O)NCCc1ccc2c(c1)CCO2)C1CCCN(c2ccccc2)C1. The number of carbonyl (C=O) groups excluding carboxylic acids is 1. The van der Waals surface area contributed by atoms with E-state index in [-0.39, 0.29) is 12.1 Å². The lowest BCUT2D eigenvalue weighted by molar-refractivity contribution is 0.183. The smallest absolute Gasteiger partial charge is 0.317 e. The Kier molecular flexibility index (Phi) is 5.70. The molecular formula is C23H29N3O2. The Morgan fingerprint density at radius 2 is 2.11 bits per heavy atom. The van der Waals surface area contributed by atoms with Gasteiger partial charge in [-0.05, 0) is 48.6 Å². The van der Waals surface area contributed by atoms with E-state index in [2.05, 4.69) is 46.6 Å². The number of anilines is 1. The highest BCUT2D eigenvalue weighted by atomic mass is 16.5. The molecule has 28 heavy (non-hydrogen) atoms. The third-order valence-electron chi connectivity index (χ3n) is 5.83. The van der Waals surface area contributed by atoms with Gasteiger partial charge in [-0.15, -0.1) is 0 Å². The van der Waals surface area contributed by atoms with Crippen LogP contribution in [0.2, 0.25) is 0 Å². The maximum absolute atomic E-state index is 12.6. The number of rotatable bonds is 5. The van der Waals surface area contributed by atoms with Crippen LogP contribution in [0, 0.1) is 0 Å². The quantitative estimate of drug-likeness (QED) is 0.865. The molecule has 0 saturated carbocycles. The van der Waals surface area contributed by atoms with Crippen LogP contribution in [0.3, 0.4) is 0 Å². The van der Waals surface area contributed by atoms with Crippen LogP contribution in [0.5, 0.6) is 5.75 Å². The lowest BCUT2D eigenvalue weighted by Gasteiger charge is -2.38. The highest BCUT2D eigenvalue weighted by molar-refractivity contribution is 5.74. The number of para-hydroxylation sites is 1. The number of hydrogen-bond donors (Lipinski definition) is 1. The van der Waals surface area contributed by atoms with Gasteiger partial charge in [0.2, 0.25) is 0 Å². The van der Waals surface area contributed by atoms with Gasteiger partial charge in [-0.2, -0.15) is 0 Å². The predicted molar refractivity (Wildman–Crippen MR) is 112 cm³/mol. The third-order valence-corrected chi connectivity index (χ3v) is 5.83. The molecule has 1 atom stereocenters. The monoisotopic (exact) mass is 379 g/mol.